The molecule has 0 aliphatic heterocycles. The van der Waals surface area contributed by atoms with Gasteiger partial charge >= 0.3 is 0 Å². The Hall–Kier alpha value is -0.670. The number of halogens is 3. The summed E-state index contributed by atoms with van der Waals surface area (Å²) in [5, 5.41) is 0.0738. The second-order valence-electron chi connectivity index (χ2n) is 2.91. The van der Waals surface area contributed by atoms with Gasteiger partial charge in [-0.3, -0.25) is 0 Å². The van der Waals surface area contributed by atoms with Crippen LogP contribution in [0.25, 0.3) is 0 Å². The van der Waals surface area contributed by atoms with E-state index in [1.807, 2.05) is 0 Å². The van der Waals surface area contributed by atoms with Gasteiger partial charge in [0.2, 0.25) is 0 Å². The lowest BCUT2D eigenvalue weighted by atomic mass is 10.1. The van der Waals surface area contributed by atoms with Gasteiger partial charge in [0, 0.05) is 24.1 Å². The molecule has 0 heterocycles. The predicted molar refractivity (Wildman–Crippen MR) is 48.9 cm³/mol. The van der Waals surface area contributed by atoms with Crippen LogP contribution in [-0.2, 0) is 12.5 Å². The van der Waals surface area contributed by atoms with Crippen LogP contribution in [0.4, 0.5) is 8.78 Å². The van der Waals surface area contributed by atoms with Crippen LogP contribution in [0.15, 0.2) is 18.2 Å². The zero-order chi connectivity index (χ0) is 10.1. The highest BCUT2D eigenvalue weighted by molar-refractivity contribution is 6.31. The lowest BCUT2D eigenvalue weighted by molar-refractivity contribution is 0.0175. The van der Waals surface area contributed by atoms with E-state index in [1.165, 1.54) is 12.1 Å². The fraction of sp³-hybridized carbons (Fsp3) is 0.333. The molecular weight excluding hydrogens is 196 g/mol. The molecule has 4 heteroatoms. The van der Waals surface area contributed by atoms with Crippen LogP contribution in [0, 0.1) is 0 Å². The highest BCUT2D eigenvalue weighted by Gasteiger charge is 2.27. The van der Waals surface area contributed by atoms with Crippen molar-refractivity contribution in [3.63, 3.8) is 0 Å². The minimum atomic E-state index is -2.91. The maximum atomic E-state index is 12.9. The topological polar surface area (TPSA) is 26.0 Å². The minimum absolute atomic E-state index is 0.0738. The third-order valence-corrected chi connectivity index (χ3v) is 2.07. The summed E-state index contributed by atoms with van der Waals surface area (Å²) in [7, 11) is 0. The Morgan fingerprint density at radius 3 is 2.54 bits per heavy atom. The quantitative estimate of drug-likeness (QED) is 0.790. The molecule has 0 aromatic heterocycles. The monoisotopic (exact) mass is 205 g/mol. The molecule has 0 spiro atoms. The van der Waals surface area contributed by atoms with E-state index in [2.05, 4.69) is 0 Å². The Morgan fingerprint density at radius 1 is 1.46 bits per heavy atom. The Labute approximate surface area is 80.5 Å². The van der Waals surface area contributed by atoms with E-state index in [1.54, 1.807) is 6.07 Å². The van der Waals surface area contributed by atoms with Crippen molar-refractivity contribution in [1.82, 2.24) is 0 Å². The van der Waals surface area contributed by atoms with Gasteiger partial charge in [0.1, 0.15) is 0 Å². The van der Waals surface area contributed by atoms with Crippen LogP contribution < -0.4 is 5.73 Å². The third kappa shape index (κ3) is 2.39. The number of alkyl halides is 2. The minimum Gasteiger partial charge on any atom is -0.326 e. The van der Waals surface area contributed by atoms with Crippen LogP contribution in [0.3, 0.4) is 0 Å². The van der Waals surface area contributed by atoms with Crippen molar-refractivity contribution in [2.45, 2.75) is 19.4 Å². The summed E-state index contributed by atoms with van der Waals surface area (Å²) in [6.07, 6.45) is 0. The SMILES string of the molecule is CC(F)(F)c1cc(CN)ccc1Cl. The number of hydrogen-bond donors (Lipinski definition) is 1. The Morgan fingerprint density at radius 2 is 2.08 bits per heavy atom. The van der Waals surface area contributed by atoms with Crippen LogP contribution in [-0.4, -0.2) is 0 Å². The number of nitrogens with two attached hydrogens (primary N) is 1. The molecule has 0 amide bonds. The molecule has 2 N–H and O–H groups in total. The predicted octanol–water partition coefficient (Wildman–Crippen LogP) is 2.91. The smallest absolute Gasteiger partial charge is 0.271 e. The van der Waals surface area contributed by atoms with Gasteiger partial charge < -0.3 is 5.73 Å². The van der Waals surface area contributed by atoms with E-state index in [-0.39, 0.29) is 17.1 Å². The summed E-state index contributed by atoms with van der Waals surface area (Å²) in [5.74, 6) is -2.91. The van der Waals surface area contributed by atoms with Crippen LogP contribution in [0.5, 0.6) is 0 Å². The highest BCUT2D eigenvalue weighted by Crippen LogP contribution is 2.33. The van der Waals surface area contributed by atoms with Gasteiger partial charge in [-0.25, -0.2) is 8.78 Å². The highest BCUT2D eigenvalue weighted by atomic mass is 35.5. The lowest BCUT2D eigenvalue weighted by Crippen LogP contribution is -2.09. The average Bonchev–Trinajstić information content (AvgIpc) is 2.03. The summed E-state index contributed by atoms with van der Waals surface area (Å²) in [6, 6.07) is 4.41. The first-order valence-electron chi connectivity index (χ1n) is 3.82. The largest absolute Gasteiger partial charge is 0.326 e. The summed E-state index contributed by atoms with van der Waals surface area (Å²) < 4.78 is 25.8. The summed E-state index contributed by atoms with van der Waals surface area (Å²) in [6.45, 7) is 1.05. The van der Waals surface area contributed by atoms with Crippen molar-refractivity contribution in [3.8, 4) is 0 Å². The van der Waals surface area contributed by atoms with E-state index in [0.717, 1.165) is 6.92 Å². The molecule has 0 bridgehead atoms. The summed E-state index contributed by atoms with van der Waals surface area (Å²) >= 11 is 5.62. The zero-order valence-corrected chi connectivity index (χ0v) is 7.91. The Kier molecular flexibility index (Phi) is 2.88. The number of rotatable bonds is 2. The fourth-order valence-electron chi connectivity index (χ4n) is 1.04. The molecule has 0 radical (unpaired) electrons. The molecule has 0 saturated carbocycles. The van der Waals surface area contributed by atoms with Crippen molar-refractivity contribution >= 4 is 11.6 Å². The molecule has 0 fully saturated rings. The molecule has 1 rings (SSSR count). The van der Waals surface area contributed by atoms with Crippen molar-refractivity contribution < 1.29 is 8.78 Å². The molecule has 0 aliphatic rings. The first kappa shape index (κ1) is 10.4. The molecule has 0 atom stereocenters. The standard InChI is InChI=1S/C9H10ClF2N/c1-9(11,12)7-4-6(5-13)2-3-8(7)10/h2-4H,5,13H2,1H3. The van der Waals surface area contributed by atoms with Crippen molar-refractivity contribution in [3.05, 3.63) is 34.3 Å². The average molecular weight is 206 g/mol. The van der Waals surface area contributed by atoms with E-state index < -0.39 is 5.92 Å². The number of hydrogen-bond acceptors (Lipinski definition) is 1. The van der Waals surface area contributed by atoms with Crippen molar-refractivity contribution in [2.24, 2.45) is 5.73 Å². The van der Waals surface area contributed by atoms with Gasteiger partial charge in [-0.1, -0.05) is 17.7 Å². The Bertz CT molecular complexity index is 307. The first-order chi connectivity index (χ1) is 5.95. The van der Waals surface area contributed by atoms with Crippen LogP contribution in [0.1, 0.15) is 18.1 Å². The summed E-state index contributed by atoms with van der Waals surface area (Å²) in [4.78, 5) is 0. The zero-order valence-electron chi connectivity index (χ0n) is 7.15. The Balaban J connectivity index is 3.19. The van der Waals surface area contributed by atoms with Crippen molar-refractivity contribution in [1.29, 1.82) is 0 Å². The van der Waals surface area contributed by atoms with E-state index >= 15 is 0 Å². The number of benzene rings is 1. The molecule has 72 valence electrons. The maximum Gasteiger partial charge on any atom is 0.271 e. The maximum absolute atomic E-state index is 12.9. The second kappa shape index (κ2) is 3.60. The van der Waals surface area contributed by atoms with Gasteiger partial charge in [-0.05, 0) is 17.7 Å². The van der Waals surface area contributed by atoms with Crippen LogP contribution in [0.2, 0.25) is 5.02 Å². The fourth-order valence-corrected chi connectivity index (χ4v) is 1.32. The molecule has 1 aromatic rings. The molecule has 0 saturated heterocycles. The van der Waals surface area contributed by atoms with Gasteiger partial charge in [0.05, 0.1) is 0 Å². The van der Waals surface area contributed by atoms with Crippen LogP contribution >= 0.6 is 11.6 Å². The third-order valence-electron chi connectivity index (χ3n) is 1.74. The molecular formula is C9H10ClF2N. The van der Waals surface area contributed by atoms with Gasteiger partial charge in [0.25, 0.3) is 5.92 Å². The van der Waals surface area contributed by atoms with Gasteiger partial charge in [0.15, 0.2) is 0 Å². The molecule has 13 heavy (non-hydrogen) atoms. The molecule has 1 nitrogen and oxygen atoms in total. The first-order valence-corrected chi connectivity index (χ1v) is 4.19. The molecule has 0 aliphatic carbocycles. The van der Waals surface area contributed by atoms with Gasteiger partial charge in [-0.15, -0.1) is 0 Å². The van der Waals surface area contributed by atoms with Gasteiger partial charge in [-0.2, -0.15) is 0 Å². The van der Waals surface area contributed by atoms with E-state index in [4.69, 9.17) is 17.3 Å². The molecule has 1 aromatic carbocycles. The second-order valence-corrected chi connectivity index (χ2v) is 3.31. The lowest BCUT2D eigenvalue weighted by Gasteiger charge is -2.13. The normalized spacial score (nSPS) is 11.8. The summed E-state index contributed by atoms with van der Waals surface area (Å²) in [5.41, 5.74) is 5.81. The molecule has 0 unspecified atom stereocenters. The van der Waals surface area contributed by atoms with Crippen molar-refractivity contribution in [2.75, 3.05) is 0 Å². The van der Waals surface area contributed by atoms with E-state index in [0.29, 0.717) is 5.56 Å². The van der Waals surface area contributed by atoms with E-state index in [9.17, 15) is 8.78 Å².